The third-order valence-electron chi connectivity index (χ3n) is 1.66. The summed E-state index contributed by atoms with van der Waals surface area (Å²) in [5.74, 6) is 0. The van der Waals surface area contributed by atoms with E-state index < -0.39 is 0 Å². The molecule has 1 N–H and O–H groups in total. The van der Waals surface area contributed by atoms with E-state index in [-0.39, 0.29) is 11.5 Å². The standard InChI is InChI=1S/C7H12N2/c1-7(2,3)6-5(4-8)9-6/h5-6,9H,1-3H3. The minimum absolute atomic E-state index is 0.116. The van der Waals surface area contributed by atoms with Crippen molar-refractivity contribution in [3.63, 3.8) is 0 Å². The van der Waals surface area contributed by atoms with Gasteiger partial charge in [-0.05, 0) is 5.41 Å². The second kappa shape index (κ2) is 1.71. The van der Waals surface area contributed by atoms with Gasteiger partial charge >= 0.3 is 0 Å². The highest BCUT2D eigenvalue weighted by atomic mass is 15.2. The Kier molecular flexibility index (Phi) is 1.25. The van der Waals surface area contributed by atoms with E-state index in [0.717, 1.165) is 0 Å². The first-order valence-electron chi connectivity index (χ1n) is 3.21. The average Bonchev–Trinajstić information content (AvgIpc) is 2.39. The lowest BCUT2D eigenvalue weighted by atomic mass is 9.90. The minimum atomic E-state index is 0.116. The van der Waals surface area contributed by atoms with E-state index in [1.807, 2.05) is 0 Å². The lowest BCUT2D eigenvalue weighted by Gasteiger charge is -2.14. The molecule has 0 aromatic rings. The van der Waals surface area contributed by atoms with Crippen LogP contribution in [-0.4, -0.2) is 12.1 Å². The van der Waals surface area contributed by atoms with Crippen molar-refractivity contribution in [3.05, 3.63) is 0 Å². The zero-order valence-electron chi connectivity index (χ0n) is 6.10. The van der Waals surface area contributed by atoms with Crippen LogP contribution < -0.4 is 5.32 Å². The van der Waals surface area contributed by atoms with Crippen molar-refractivity contribution in [1.82, 2.24) is 5.32 Å². The Hall–Kier alpha value is -0.550. The van der Waals surface area contributed by atoms with Gasteiger partial charge in [0.05, 0.1) is 6.07 Å². The largest absolute Gasteiger partial charge is 0.295 e. The van der Waals surface area contributed by atoms with Gasteiger partial charge in [0, 0.05) is 6.04 Å². The van der Waals surface area contributed by atoms with Gasteiger partial charge in [-0.3, -0.25) is 5.32 Å². The van der Waals surface area contributed by atoms with Crippen molar-refractivity contribution < 1.29 is 0 Å². The summed E-state index contributed by atoms with van der Waals surface area (Å²) in [6.07, 6.45) is 0. The van der Waals surface area contributed by atoms with Crippen LogP contribution in [0.2, 0.25) is 0 Å². The van der Waals surface area contributed by atoms with E-state index in [4.69, 9.17) is 5.26 Å². The lowest BCUT2D eigenvalue weighted by Crippen LogP contribution is -2.17. The summed E-state index contributed by atoms with van der Waals surface area (Å²) < 4.78 is 0. The number of nitrogens with zero attached hydrogens (tertiary/aromatic N) is 1. The minimum Gasteiger partial charge on any atom is -0.295 e. The van der Waals surface area contributed by atoms with E-state index in [2.05, 4.69) is 32.2 Å². The van der Waals surface area contributed by atoms with Gasteiger partial charge in [0.25, 0.3) is 0 Å². The Morgan fingerprint density at radius 2 is 2.00 bits per heavy atom. The van der Waals surface area contributed by atoms with Gasteiger partial charge in [0.2, 0.25) is 0 Å². The molecule has 0 bridgehead atoms. The molecule has 0 amide bonds. The third-order valence-corrected chi connectivity index (χ3v) is 1.66. The van der Waals surface area contributed by atoms with E-state index in [1.54, 1.807) is 0 Å². The fraction of sp³-hybridized carbons (Fsp3) is 0.857. The molecule has 2 unspecified atom stereocenters. The number of hydrogen-bond acceptors (Lipinski definition) is 2. The normalized spacial score (nSPS) is 33.6. The van der Waals surface area contributed by atoms with Crippen molar-refractivity contribution in [3.8, 4) is 6.07 Å². The fourth-order valence-corrected chi connectivity index (χ4v) is 1.000. The monoisotopic (exact) mass is 124 g/mol. The molecule has 1 aliphatic heterocycles. The molecule has 0 radical (unpaired) electrons. The number of hydrogen-bond donors (Lipinski definition) is 1. The summed E-state index contributed by atoms with van der Waals surface area (Å²) >= 11 is 0. The predicted molar refractivity (Wildman–Crippen MR) is 35.8 cm³/mol. The van der Waals surface area contributed by atoms with Gasteiger partial charge in [-0.15, -0.1) is 0 Å². The van der Waals surface area contributed by atoms with Crippen LogP contribution in [0.3, 0.4) is 0 Å². The molecule has 1 aliphatic rings. The molecule has 1 saturated heterocycles. The van der Waals surface area contributed by atoms with Crippen molar-refractivity contribution >= 4 is 0 Å². The maximum atomic E-state index is 8.43. The van der Waals surface area contributed by atoms with Gasteiger partial charge in [-0.2, -0.15) is 5.26 Å². The van der Waals surface area contributed by atoms with Crippen LogP contribution in [0.15, 0.2) is 0 Å². The first kappa shape index (κ1) is 6.57. The summed E-state index contributed by atoms with van der Waals surface area (Å²) in [6, 6.07) is 2.72. The first-order valence-corrected chi connectivity index (χ1v) is 3.21. The van der Waals surface area contributed by atoms with Gasteiger partial charge in [0.1, 0.15) is 6.04 Å². The van der Waals surface area contributed by atoms with Crippen LogP contribution in [-0.2, 0) is 0 Å². The maximum Gasteiger partial charge on any atom is 0.112 e. The average molecular weight is 124 g/mol. The Morgan fingerprint density at radius 3 is 2.11 bits per heavy atom. The number of rotatable bonds is 0. The van der Waals surface area contributed by atoms with Gasteiger partial charge in [0.15, 0.2) is 0 Å². The van der Waals surface area contributed by atoms with Crippen molar-refractivity contribution in [1.29, 1.82) is 5.26 Å². The molecule has 1 heterocycles. The highest BCUT2D eigenvalue weighted by Gasteiger charge is 2.44. The SMILES string of the molecule is CC(C)(C)C1NC1C#N. The second-order valence-electron chi connectivity index (χ2n) is 3.62. The Morgan fingerprint density at radius 1 is 1.44 bits per heavy atom. The molecule has 0 aromatic heterocycles. The molecule has 0 aromatic carbocycles. The predicted octanol–water partition coefficient (Wildman–Crippen LogP) is 0.896. The summed E-state index contributed by atoms with van der Waals surface area (Å²) in [4.78, 5) is 0. The Bertz CT molecular complexity index is 149. The van der Waals surface area contributed by atoms with E-state index in [0.29, 0.717) is 6.04 Å². The molecular formula is C7H12N2. The van der Waals surface area contributed by atoms with E-state index in [9.17, 15) is 0 Å². The van der Waals surface area contributed by atoms with Crippen LogP contribution in [0.25, 0.3) is 0 Å². The van der Waals surface area contributed by atoms with Crippen LogP contribution >= 0.6 is 0 Å². The molecule has 0 spiro atoms. The lowest BCUT2D eigenvalue weighted by molar-refractivity contribution is 0.399. The molecule has 0 aliphatic carbocycles. The topological polar surface area (TPSA) is 45.7 Å². The van der Waals surface area contributed by atoms with Crippen molar-refractivity contribution in [2.75, 3.05) is 0 Å². The maximum absolute atomic E-state index is 8.43. The molecule has 2 atom stereocenters. The first-order chi connectivity index (χ1) is 4.05. The third kappa shape index (κ3) is 1.22. The smallest absolute Gasteiger partial charge is 0.112 e. The van der Waals surface area contributed by atoms with Crippen LogP contribution in [0.1, 0.15) is 20.8 Å². The zero-order chi connectivity index (χ0) is 7.07. The van der Waals surface area contributed by atoms with Crippen molar-refractivity contribution in [2.24, 2.45) is 5.41 Å². The summed E-state index contributed by atoms with van der Waals surface area (Å²) in [5.41, 5.74) is 0.250. The molecule has 1 rings (SSSR count). The Balaban J connectivity index is 2.45. The van der Waals surface area contributed by atoms with E-state index >= 15 is 0 Å². The summed E-state index contributed by atoms with van der Waals surface area (Å²) in [5, 5.41) is 11.5. The number of nitriles is 1. The fourth-order valence-electron chi connectivity index (χ4n) is 1.000. The Labute approximate surface area is 55.9 Å². The highest BCUT2D eigenvalue weighted by Crippen LogP contribution is 2.30. The molecule has 2 heteroatoms. The highest BCUT2D eigenvalue weighted by molar-refractivity contribution is 5.15. The van der Waals surface area contributed by atoms with Gasteiger partial charge in [-0.25, -0.2) is 0 Å². The van der Waals surface area contributed by atoms with Crippen LogP contribution in [0.4, 0.5) is 0 Å². The molecular weight excluding hydrogens is 112 g/mol. The van der Waals surface area contributed by atoms with Crippen molar-refractivity contribution in [2.45, 2.75) is 32.9 Å². The van der Waals surface area contributed by atoms with E-state index in [1.165, 1.54) is 0 Å². The van der Waals surface area contributed by atoms with Gasteiger partial charge in [-0.1, -0.05) is 20.8 Å². The quantitative estimate of drug-likeness (QED) is 0.487. The van der Waals surface area contributed by atoms with Crippen LogP contribution in [0.5, 0.6) is 0 Å². The molecule has 1 fully saturated rings. The zero-order valence-corrected chi connectivity index (χ0v) is 6.10. The summed E-state index contributed by atoms with van der Waals surface area (Å²) in [7, 11) is 0. The number of nitrogens with one attached hydrogen (secondary N) is 1. The molecule has 50 valence electrons. The van der Waals surface area contributed by atoms with Crippen LogP contribution in [0, 0.1) is 16.7 Å². The second-order valence-corrected chi connectivity index (χ2v) is 3.62. The van der Waals surface area contributed by atoms with Gasteiger partial charge < -0.3 is 0 Å². The molecule has 0 saturated carbocycles. The summed E-state index contributed by atoms with van der Waals surface area (Å²) in [6.45, 7) is 6.42. The molecule has 2 nitrogen and oxygen atoms in total. The molecule has 9 heavy (non-hydrogen) atoms.